The molecule has 1 heterocycles. The van der Waals surface area contributed by atoms with Crippen molar-refractivity contribution in [3.8, 4) is 11.5 Å². The van der Waals surface area contributed by atoms with E-state index in [0.717, 1.165) is 15.8 Å². The summed E-state index contributed by atoms with van der Waals surface area (Å²) in [6.07, 6.45) is 0.712. The summed E-state index contributed by atoms with van der Waals surface area (Å²) in [4.78, 5) is 24.3. The van der Waals surface area contributed by atoms with Crippen LogP contribution in [0.2, 0.25) is 0 Å². The molecule has 0 unspecified atom stereocenters. The van der Waals surface area contributed by atoms with Crippen LogP contribution < -0.4 is 11.1 Å². The smallest absolute Gasteiger partial charge is 0.388 e. The second kappa shape index (κ2) is 7.99. The van der Waals surface area contributed by atoms with Crippen molar-refractivity contribution in [3.63, 3.8) is 0 Å². The largest absolute Gasteiger partial charge is 0.437 e. The molecule has 3 rings (SSSR count). The fourth-order valence-corrected chi connectivity index (χ4v) is 2.71. The molecule has 0 spiro atoms. The maximum Gasteiger partial charge on any atom is 0.437 e. The highest BCUT2D eigenvalue weighted by atomic mass is 19.1. The van der Waals surface area contributed by atoms with Crippen molar-refractivity contribution in [2.75, 3.05) is 0 Å². The standard InChI is InChI=1S/C20H20FN3O3/c1-3-17(14-6-4-13(2)5-7-14)22-18(25)12-24-20(26)27-19(23-24)15-8-10-16(21)11-9-15/h4-11,17H,3,12H2,1-2H3,(H,22,25)/t17-/m1/s1. The molecule has 0 saturated carbocycles. The average molecular weight is 369 g/mol. The van der Waals surface area contributed by atoms with Gasteiger partial charge >= 0.3 is 5.76 Å². The fraction of sp³-hybridized carbons (Fsp3) is 0.250. The van der Waals surface area contributed by atoms with E-state index in [0.29, 0.717) is 12.0 Å². The van der Waals surface area contributed by atoms with E-state index in [1.54, 1.807) is 0 Å². The van der Waals surface area contributed by atoms with Crippen LogP contribution in [0.3, 0.4) is 0 Å². The summed E-state index contributed by atoms with van der Waals surface area (Å²) < 4.78 is 19.0. The van der Waals surface area contributed by atoms with Crippen LogP contribution in [0.5, 0.6) is 0 Å². The minimum Gasteiger partial charge on any atom is -0.388 e. The highest BCUT2D eigenvalue weighted by Gasteiger charge is 2.16. The van der Waals surface area contributed by atoms with Gasteiger partial charge in [-0.3, -0.25) is 4.79 Å². The van der Waals surface area contributed by atoms with Crippen molar-refractivity contribution in [1.82, 2.24) is 15.1 Å². The van der Waals surface area contributed by atoms with Gasteiger partial charge in [0.2, 0.25) is 11.8 Å². The summed E-state index contributed by atoms with van der Waals surface area (Å²) in [7, 11) is 0. The van der Waals surface area contributed by atoms with E-state index in [1.807, 2.05) is 38.1 Å². The predicted octanol–water partition coefficient (Wildman–Crippen LogP) is 3.22. The van der Waals surface area contributed by atoms with Gasteiger partial charge in [0.25, 0.3) is 0 Å². The molecule has 0 fully saturated rings. The number of aryl methyl sites for hydroxylation is 1. The Hall–Kier alpha value is -3.22. The lowest BCUT2D eigenvalue weighted by atomic mass is 10.0. The molecule has 1 aromatic heterocycles. The molecule has 2 aromatic carbocycles. The van der Waals surface area contributed by atoms with Gasteiger partial charge in [0.15, 0.2) is 0 Å². The Kier molecular flexibility index (Phi) is 5.49. The van der Waals surface area contributed by atoms with Crippen molar-refractivity contribution in [2.24, 2.45) is 0 Å². The molecular formula is C20H20FN3O3. The number of halogens is 1. The van der Waals surface area contributed by atoms with Crippen LogP contribution in [0.4, 0.5) is 4.39 Å². The first-order valence-corrected chi connectivity index (χ1v) is 8.66. The number of amides is 1. The van der Waals surface area contributed by atoms with Crippen LogP contribution in [0.15, 0.2) is 57.7 Å². The number of hydrogen-bond acceptors (Lipinski definition) is 4. The van der Waals surface area contributed by atoms with Gasteiger partial charge in [-0.2, -0.15) is 4.68 Å². The molecule has 7 heteroatoms. The molecule has 27 heavy (non-hydrogen) atoms. The molecular weight excluding hydrogens is 349 g/mol. The van der Waals surface area contributed by atoms with E-state index in [1.165, 1.54) is 24.3 Å². The molecule has 1 amide bonds. The molecule has 0 aliphatic rings. The predicted molar refractivity (Wildman–Crippen MR) is 98.5 cm³/mol. The quantitative estimate of drug-likeness (QED) is 0.724. The Morgan fingerprint density at radius 1 is 1.19 bits per heavy atom. The van der Waals surface area contributed by atoms with Gasteiger partial charge in [-0.25, -0.2) is 9.18 Å². The van der Waals surface area contributed by atoms with Crippen LogP contribution in [0.1, 0.15) is 30.5 Å². The van der Waals surface area contributed by atoms with Crippen LogP contribution in [0.25, 0.3) is 11.5 Å². The Morgan fingerprint density at radius 3 is 2.48 bits per heavy atom. The molecule has 0 aliphatic carbocycles. The van der Waals surface area contributed by atoms with E-state index in [9.17, 15) is 14.0 Å². The number of aromatic nitrogens is 2. The Bertz CT molecular complexity index is 975. The van der Waals surface area contributed by atoms with E-state index in [2.05, 4.69) is 10.4 Å². The lowest BCUT2D eigenvalue weighted by Crippen LogP contribution is -2.34. The fourth-order valence-electron chi connectivity index (χ4n) is 2.71. The van der Waals surface area contributed by atoms with Crippen LogP contribution >= 0.6 is 0 Å². The van der Waals surface area contributed by atoms with Crippen molar-refractivity contribution in [2.45, 2.75) is 32.9 Å². The lowest BCUT2D eigenvalue weighted by molar-refractivity contribution is -0.122. The van der Waals surface area contributed by atoms with Crippen molar-refractivity contribution < 1.29 is 13.6 Å². The van der Waals surface area contributed by atoms with Crippen LogP contribution in [-0.2, 0) is 11.3 Å². The van der Waals surface area contributed by atoms with Gasteiger partial charge in [-0.1, -0.05) is 36.8 Å². The van der Waals surface area contributed by atoms with E-state index in [-0.39, 0.29) is 24.4 Å². The summed E-state index contributed by atoms with van der Waals surface area (Å²) in [6.45, 7) is 3.71. The third-order valence-corrected chi connectivity index (χ3v) is 4.21. The molecule has 6 nitrogen and oxygen atoms in total. The third-order valence-electron chi connectivity index (χ3n) is 4.21. The molecule has 1 atom stereocenters. The number of benzene rings is 2. The van der Waals surface area contributed by atoms with Crippen molar-refractivity contribution >= 4 is 5.91 Å². The SMILES string of the molecule is CC[C@@H](NC(=O)Cn1nc(-c2ccc(F)cc2)oc1=O)c1ccc(C)cc1. The number of carbonyl (C=O) groups excluding carboxylic acids is 1. The third kappa shape index (κ3) is 4.49. The molecule has 140 valence electrons. The molecule has 0 bridgehead atoms. The second-order valence-corrected chi connectivity index (χ2v) is 6.28. The molecule has 0 saturated heterocycles. The van der Waals surface area contributed by atoms with E-state index >= 15 is 0 Å². The number of rotatable bonds is 6. The van der Waals surface area contributed by atoms with Crippen LogP contribution in [-0.4, -0.2) is 15.7 Å². The van der Waals surface area contributed by atoms with Gasteiger partial charge in [0.05, 0.1) is 6.04 Å². The number of hydrogen-bond donors (Lipinski definition) is 1. The summed E-state index contributed by atoms with van der Waals surface area (Å²) in [6, 6.07) is 13.2. The molecule has 0 aliphatic heterocycles. The number of nitrogens with zero attached hydrogens (tertiary/aromatic N) is 2. The zero-order valence-electron chi connectivity index (χ0n) is 15.1. The minimum atomic E-state index is -0.743. The first-order chi connectivity index (χ1) is 13.0. The maximum atomic E-state index is 13.0. The monoisotopic (exact) mass is 369 g/mol. The normalized spacial score (nSPS) is 12.0. The summed E-state index contributed by atoms with van der Waals surface area (Å²) in [5.41, 5.74) is 2.59. The summed E-state index contributed by atoms with van der Waals surface area (Å²) in [5, 5.41) is 6.93. The Labute approximate surface area is 155 Å². The van der Waals surface area contributed by atoms with Gasteiger partial charge in [0, 0.05) is 5.56 Å². The highest BCUT2D eigenvalue weighted by molar-refractivity contribution is 5.76. The zero-order valence-corrected chi connectivity index (χ0v) is 15.1. The van der Waals surface area contributed by atoms with Gasteiger partial charge in [0.1, 0.15) is 12.4 Å². The van der Waals surface area contributed by atoms with Gasteiger partial charge in [-0.05, 0) is 43.2 Å². The number of carbonyl (C=O) groups is 1. The summed E-state index contributed by atoms with van der Waals surface area (Å²) in [5.74, 6) is -1.45. The Balaban J connectivity index is 1.71. The van der Waals surface area contributed by atoms with Crippen molar-refractivity contribution in [3.05, 3.63) is 76.0 Å². The van der Waals surface area contributed by atoms with Crippen LogP contribution in [0, 0.1) is 12.7 Å². The zero-order chi connectivity index (χ0) is 19.4. The topological polar surface area (TPSA) is 77.1 Å². The molecule has 3 aromatic rings. The minimum absolute atomic E-state index is 0.0402. The van der Waals surface area contributed by atoms with Gasteiger partial charge < -0.3 is 9.73 Å². The molecule has 0 radical (unpaired) electrons. The van der Waals surface area contributed by atoms with E-state index in [4.69, 9.17) is 4.42 Å². The van der Waals surface area contributed by atoms with Gasteiger partial charge in [-0.15, -0.1) is 5.10 Å². The van der Waals surface area contributed by atoms with E-state index < -0.39 is 11.6 Å². The second-order valence-electron chi connectivity index (χ2n) is 6.28. The Morgan fingerprint density at radius 2 is 1.85 bits per heavy atom. The van der Waals surface area contributed by atoms with Crippen molar-refractivity contribution in [1.29, 1.82) is 0 Å². The highest BCUT2D eigenvalue weighted by Crippen LogP contribution is 2.18. The lowest BCUT2D eigenvalue weighted by Gasteiger charge is -2.17. The number of nitrogens with one attached hydrogen (secondary N) is 1. The maximum absolute atomic E-state index is 13.0. The first kappa shape index (κ1) is 18.6. The average Bonchev–Trinajstić information content (AvgIpc) is 3.01. The first-order valence-electron chi connectivity index (χ1n) is 8.66. The summed E-state index contributed by atoms with van der Waals surface area (Å²) >= 11 is 0. The molecule has 1 N–H and O–H groups in total.